The van der Waals surface area contributed by atoms with E-state index in [4.69, 9.17) is 10.5 Å². The van der Waals surface area contributed by atoms with Crippen LogP contribution in [0.15, 0.2) is 35.3 Å². The Morgan fingerprint density at radius 1 is 1.27 bits per heavy atom. The molecule has 0 spiro atoms. The van der Waals surface area contributed by atoms with Crippen molar-refractivity contribution in [1.29, 1.82) is 0 Å². The van der Waals surface area contributed by atoms with Gasteiger partial charge in [-0.3, -0.25) is 0 Å². The zero-order valence-corrected chi connectivity index (χ0v) is 13.2. The second-order valence-electron chi connectivity index (χ2n) is 5.63. The number of aryl methyl sites for hydroxylation is 1. The average molecular weight is 316 g/mol. The predicted octanol–water partition coefficient (Wildman–Crippen LogP) is 3.44. The molecule has 1 fully saturated rings. The number of likely N-dealkylation sites (N-methyl/N-ethyl adjacent to an activating group) is 1. The molecule has 2 aliphatic heterocycles. The predicted molar refractivity (Wildman–Crippen MR) is 94.0 cm³/mol. The summed E-state index contributed by atoms with van der Waals surface area (Å²) in [7, 11) is 2.09. The number of hydrogen-bond donors (Lipinski definition) is 1. The fourth-order valence-corrected chi connectivity index (χ4v) is 3.57. The summed E-state index contributed by atoms with van der Waals surface area (Å²) >= 11 is 1.14. The highest BCUT2D eigenvalue weighted by Crippen LogP contribution is 2.39. The van der Waals surface area contributed by atoms with Crippen molar-refractivity contribution >= 4 is 33.5 Å². The minimum Gasteiger partial charge on any atom is -0.353 e. The molecular formula is C17H20N4S. The number of fused-ring (bicyclic) bond motifs is 2. The lowest BCUT2D eigenvalue weighted by atomic mass is 10.2. The van der Waals surface area contributed by atoms with E-state index < -0.39 is 6.85 Å². The van der Waals surface area contributed by atoms with Gasteiger partial charge in [-0.05, 0) is 32.1 Å². The SMILES string of the molecule is [2H]c1c(C([2H])([2H])[2H])sc2c1C(N1CCN(C)CC1)=Nc1ccccc1N2. The van der Waals surface area contributed by atoms with Crippen LogP contribution >= 0.6 is 11.3 Å². The normalized spacial score (nSPS) is 21.3. The van der Waals surface area contributed by atoms with Crippen molar-refractivity contribution < 1.29 is 5.48 Å². The maximum atomic E-state index is 8.55. The molecule has 0 bridgehead atoms. The molecule has 1 saturated heterocycles. The van der Waals surface area contributed by atoms with Gasteiger partial charge in [-0.25, -0.2) is 4.99 Å². The van der Waals surface area contributed by atoms with E-state index in [9.17, 15) is 0 Å². The van der Waals surface area contributed by atoms with Crippen molar-refractivity contribution in [2.45, 2.75) is 6.85 Å². The van der Waals surface area contributed by atoms with Crippen LogP contribution < -0.4 is 5.32 Å². The lowest BCUT2D eigenvalue weighted by molar-refractivity contribution is 0.216. The van der Waals surface area contributed by atoms with E-state index in [1.54, 1.807) is 0 Å². The number of piperazine rings is 1. The zero-order valence-electron chi connectivity index (χ0n) is 16.4. The summed E-state index contributed by atoms with van der Waals surface area (Å²) in [6, 6.07) is 7.77. The Balaban J connectivity index is 1.88. The molecule has 0 radical (unpaired) electrons. The lowest BCUT2D eigenvalue weighted by Gasteiger charge is -2.34. The van der Waals surface area contributed by atoms with Crippen LogP contribution in [-0.4, -0.2) is 48.9 Å². The number of para-hydroxylation sites is 2. The highest BCUT2D eigenvalue weighted by atomic mass is 32.1. The maximum absolute atomic E-state index is 8.55. The van der Waals surface area contributed by atoms with Gasteiger partial charge in [-0.1, -0.05) is 12.1 Å². The molecule has 22 heavy (non-hydrogen) atoms. The first-order chi connectivity index (χ1) is 12.3. The smallest absolute Gasteiger partial charge is 0.139 e. The van der Waals surface area contributed by atoms with Crippen LogP contribution in [0.25, 0.3) is 0 Å². The van der Waals surface area contributed by atoms with E-state index in [0.29, 0.717) is 16.4 Å². The number of aliphatic imine (C=N–C) groups is 1. The van der Waals surface area contributed by atoms with Gasteiger partial charge in [0, 0.05) is 35.2 Å². The number of rotatable bonds is 0. The Hall–Kier alpha value is -1.85. The molecule has 5 heteroatoms. The molecule has 0 atom stereocenters. The summed E-state index contributed by atoms with van der Waals surface area (Å²) in [4.78, 5) is 9.37. The van der Waals surface area contributed by atoms with Gasteiger partial charge in [-0.2, -0.15) is 0 Å². The third kappa shape index (κ3) is 2.40. The van der Waals surface area contributed by atoms with Gasteiger partial charge < -0.3 is 15.1 Å². The highest BCUT2D eigenvalue weighted by Gasteiger charge is 2.25. The molecule has 0 unspecified atom stereocenters. The number of amidine groups is 1. The Morgan fingerprint density at radius 3 is 2.91 bits per heavy atom. The Kier molecular flexibility index (Phi) is 2.46. The topological polar surface area (TPSA) is 30.9 Å². The Bertz CT molecular complexity index is 866. The van der Waals surface area contributed by atoms with Crippen molar-refractivity contribution in [3.05, 3.63) is 40.7 Å². The Labute approximate surface area is 140 Å². The van der Waals surface area contributed by atoms with E-state index >= 15 is 0 Å². The molecule has 1 aromatic heterocycles. The molecule has 114 valence electrons. The fraction of sp³-hybridized carbons (Fsp3) is 0.353. The minimum atomic E-state index is -2.30. The lowest BCUT2D eigenvalue weighted by Crippen LogP contribution is -2.47. The van der Waals surface area contributed by atoms with Crippen LogP contribution in [0.2, 0.25) is 0 Å². The number of nitrogens with one attached hydrogen (secondary N) is 1. The Morgan fingerprint density at radius 2 is 2.09 bits per heavy atom. The number of benzene rings is 1. The van der Waals surface area contributed by atoms with Gasteiger partial charge in [-0.15, -0.1) is 11.3 Å². The zero-order chi connectivity index (χ0) is 18.5. The van der Waals surface area contributed by atoms with Gasteiger partial charge >= 0.3 is 0 Å². The summed E-state index contributed by atoms with van der Waals surface area (Å²) in [5, 5.41) is 4.00. The number of hydrogen-bond acceptors (Lipinski definition) is 5. The first-order valence-electron chi connectivity index (χ1n) is 9.37. The van der Waals surface area contributed by atoms with Crippen molar-refractivity contribution in [1.82, 2.24) is 9.80 Å². The van der Waals surface area contributed by atoms with Gasteiger partial charge in [0.2, 0.25) is 0 Å². The fourth-order valence-electron chi connectivity index (χ4n) is 2.81. The molecule has 2 aromatic rings. The molecule has 1 N–H and O–H groups in total. The molecule has 2 aliphatic rings. The summed E-state index contributed by atoms with van der Waals surface area (Å²) in [5.74, 6) is 0.697. The van der Waals surface area contributed by atoms with Crippen molar-refractivity contribution in [3.63, 3.8) is 0 Å². The minimum absolute atomic E-state index is 0.0583. The highest BCUT2D eigenvalue weighted by molar-refractivity contribution is 7.16. The third-order valence-corrected chi connectivity index (χ3v) is 4.89. The number of thiophene rings is 1. The monoisotopic (exact) mass is 316 g/mol. The molecule has 0 saturated carbocycles. The van der Waals surface area contributed by atoms with E-state index in [0.717, 1.165) is 48.9 Å². The van der Waals surface area contributed by atoms with E-state index in [2.05, 4.69) is 22.2 Å². The summed E-state index contributed by atoms with van der Waals surface area (Å²) in [6.45, 7) is 1.12. The first kappa shape index (κ1) is 10.0. The van der Waals surface area contributed by atoms with Crippen molar-refractivity contribution in [3.8, 4) is 0 Å². The number of nitrogens with zero attached hydrogens (tertiary/aromatic N) is 3. The van der Waals surface area contributed by atoms with Crippen LogP contribution in [0.4, 0.5) is 16.4 Å². The van der Waals surface area contributed by atoms with Crippen LogP contribution in [0.5, 0.6) is 0 Å². The summed E-state index contributed by atoms with van der Waals surface area (Å²) in [6.07, 6.45) is 0. The summed E-state index contributed by atoms with van der Waals surface area (Å²) in [5.41, 5.74) is 2.23. The van der Waals surface area contributed by atoms with Gasteiger partial charge in [0.25, 0.3) is 0 Å². The van der Waals surface area contributed by atoms with Gasteiger partial charge in [0.05, 0.1) is 18.3 Å². The summed E-state index contributed by atoms with van der Waals surface area (Å²) < 4.78 is 31.8. The van der Waals surface area contributed by atoms with E-state index in [1.807, 2.05) is 24.3 Å². The van der Waals surface area contributed by atoms with Crippen molar-refractivity contribution in [2.75, 3.05) is 38.5 Å². The van der Waals surface area contributed by atoms with Crippen LogP contribution in [-0.2, 0) is 0 Å². The molecule has 4 nitrogen and oxygen atoms in total. The standard InChI is InChI=1S/C17H20N4S/c1-12-11-13-16(21-9-7-20(2)8-10-21)18-14-5-3-4-6-15(14)19-17(13)22-12/h3-6,11,19H,7-10H2,1-2H3/i1D3,11D. The second kappa shape index (κ2) is 5.41. The number of anilines is 2. The van der Waals surface area contributed by atoms with Gasteiger partial charge in [0.15, 0.2) is 0 Å². The van der Waals surface area contributed by atoms with Crippen LogP contribution in [0.3, 0.4) is 0 Å². The maximum Gasteiger partial charge on any atom is 0.139 e. The molecule has 0 aliphatic carbocycles. The van der Waals surface area contributed by atoms with Gasteiger partial charge in [0.1, 0.15) is 10.8 Å². The van der Waals surface area contributed by atoms with Crippen molar-refractivity contribution in [2.24, 2.45) is 4.99 Å². The molecule has 0 amide bonds. The van der Waals surface area contributed by atoms with Crippen LogP contribution in [0, 0.1) is 6.85 Å². The van der Waals surface area contributed by atoms with E-state index in [-0.39, 0.29) is 10.9 Å². The van der Waals surface area contributed by atoms with E-state index in [1.165, 1.54) is 0 Å². The molecule has 3 heterocycles. The largest absolute Gasteiger partial charge is 0.353 e. The quantitative estimate of drug-likeness (QED) is 0.808. The molecular weight excluding hydrogens is 292 g/mol. The molecule has 4 rings (SSSR count). The molecule has 1 aromatic carbocycles. The average Bonchev–Trinajstić information content (AvgIpc) is 2.82. The van der Waals surface area contributed by atoms with Crippen LogP contribution in [0.1, 0.15) is 15.9 Å². The second-order valence-corrected chi connectivity index (χ2v) is 6.65. The first-order valence-corrected chi connectivity index (χ1v) is 8.19. The third-order valence-electron chi connectivity index (χ3n) is 4.07.